The lowest BCUT2D eigenvalue weighted by atomic mass is 10.1. The number of anilines is 3. The van der Waals surface area contributed by atoms with Gasteiger partial charge in [0, 0.05) is 10.7 Å². The average molecular weight is 374 g/mol. The van der Waals surface area contributed by atoms with Crippen molar-refractivity contribution in [2.45, 2.75) is 13.0 Å². The van der Waals surface area contributed by atoms with Crippen molar-refractivity contribution in [1.29, 1.82) is 0 Å². The highest BCUT2D eigenvalue weighted by atomic mass is 35.5. The minimum Gasteiger partial charge on any atom is -0.464 e. The third kappa shape index (κ3) is 3.48. The molecule has 0 saturated heterocycles. The van der Waals surface area contributed by atoms with Gasteiger partial charge < -0.3 is 15.4 Å². The van der Waals surface area contributed by atoms with E-state index >= 15 is 0 Å². The van der Waals surface area contributed by atoms with E-state index in [-0.39, 0.29) is 6.61 Å². The normalized spacial score (nSPS) is 15.7. The Labute approximate surface area is 154 Å². The lowest BCUT2D eigenvalue weighted by Gasteiger charge is -2.34. The molecule has 26 heavy (non-hydrogen) atoms. The van der Waals surface area contributed by atoms with E-state index in [9.17, 15) is 14.4 Å². The van der Waals surface area contributed by atoms with Gasteiger partial charge in [-0.3, -0.25) is 9.69 Å². The van der Waals surface area contributed by atoms with Crippen LogP contribution in [0.5, 0.6) is 0 Å². The van der Waals surface area contributed by atoms with Crippen molar-refractivity contribution in [2.75, 3.05) is 22.1 Å². The maximum Gasteiger partial charge on any atom is 0.339 e. The van der Waals surface area contributed by atoms with E-state index in [1.807, 2.05) is 0 Å². The number of benzene rings is 2. The van der Waals surface area contributed by atoms with Crippen LogP contribution in [0.15, 0.2) is 48.5 Å². The molecule has 1 heterocycles. The van der Waals surface area contributed by atoms with Gasteiger partial charge in [-0.15, -0.1) is 0 Å². The van der Waals surface area contributed by atoms with Crippen molar-refractivity contribution in [3.8, 4) is 0 Å². The fourth-order valence-corrected chi connectivity index (χ4v) is 2.85. The number of hydrogen-bond donors (Lipinski definition) is 2. The van der Waals surface area contributed by atoms with Gasteiger partial charge in [0.15, 0.2) is 0 Å². The number of nitrogens with zero attached hydrogens (tertiary/aromatic N) is 1. The molecule has 1 aliphatic heterocycles. The fraction of sp³-hybridized carbons (Fsp3) is 0.167. The summed E-state index contributed by atoms with van der Waals surface area (Å²) in [6, 6.07) is 11.2. The molecule has 1 aliphatic rings. The fourth-order valence-electron chi connectivity index (χ4n) is 2.66. The maximum absolute atomic E-state index is 12.9. The molecule has 7 nitrogen and oxygen atoms in total. The van der Waals surface area contributed by atoms with Crippen LogP contribution in [-0.4, -0.2) is 30.6 Å². The van der Waals surface area contributed by atoms with Crippen molar-refractivity contribution in [3.63, 3.8) is 0 Å². The molecule has 0 bridgehead atoms. The molecule has 0 aliphatic carbocycles. The smallest absolute Gasteiger partial charge is 0.339 e. The second-order valence-electron chi connectivity index (χ2n) is 5.47. The number of hydrogen-bond acceptors (Lipinski definition) is 4. The molecule has 1 unspecified atom stereocenters. The Bertz CT molecular complexity index is 871. The van der Waals surface area contributed by atoms with Crippen LogP contribution in [-0.2, 0) is 14.3 Å². The summed E-state index contributed by atoms with van der Waals surface area (Å²) >= 11 is 5.94. The van der Waals surface area contributed by atoms with Gasteiger partial charge in [0.05, 0.1) is 18.0 Å². The average Bonchev–Trinajstić information content (AvgIpc) is 2.60. The zero-order chi connectivity index (χ0) is 18.7. The quantitative estimate of drug-likeness (QED) is 0.638. The minimum absolute atomic E-state index is 0.0913. The van der Waals surface area contributed by atoms with Crippen LogP contribution in [0, 0.1) is 0 Å². The van der Waals surface area contributed by atoms with Crippen LogP contribution in [0.25, 0.3) is 0 Å². The molecule has 2 N–H and O–H groups in total. The number of carbonyl (C=O) groups is 3. The van der Waals surface area contributed by atoms with Crippen molar-refractivity contribution in [3.05, 3.63) is 53.6 Å². The van der Waals surface area contributed by atoms with Crippen LogP contribution in [0.2, 0.25) is 5.02 Å². The number of nitrogens with one attached hydrogen (secondary N) is 2. The van der Waals surface area contributed by atoms with E-state index in [2.05, 4.69) is 10.6 Å². The van der Waals surface area contributed by atoms with E-state index < -0.39 is 23.9 Å². The van der Waals surface area contributed by atoms with Gasteiger partial charge in [0.2, 0.25) is 6.04 Å². The molecule has 3 rings (SSSR count). The third-order valence-electron chi connectivity index (χ3n) is 3.73. The first-order valence-corrected chi connectivity index (χ1v) is 8.31. The third-order valence-corrected chi connectivity index (χ3v) is 3.97. The molecule has 2 aromatic carbocycles. The topological polar surface area (TPSA) is 87.7 Å². The summed E-state index contributed by atoms with van der Waals surface area (Å²) in [6.07, 6.45) is 0. The van der Waals surface area contributed by atoms with Crippen LogP contribution < -0.4 is 15.5 Å². The van der Waals surface area contributed by atoms with E-state index in [1.54, 1.807) is 55.5 Å². The number of amides is 3. The minimum atomic E-state index is -1.43. The van der Waals surface area contributed by atoms with Crippen LogP contribution in [0.1, 0.15) is 6.92 Å². The number of carbonyl (C=O) groups excluding carboxylic acids is 3. The number of urea groups is 1. The molecule has 0 saturated carbocycles. The summed E-state index contributed by atoms with van der Waals surface area (Å²) in [7, 11) is 0. The Morgan fingerprint density at radius 3 is 2.73 bits per heavy atom. The predicted octanol–water partition coefficient (Wildman–Crippen LogP) is 3.26. The molecule has 0 spiro atoms. The highest BCUT2D eigenvalue weighted by molar-refractivity contribution is 6.31. The molecule has 0 radical (unpaired) electrons. The van der Waals surface area contributed by atoms with E-state index in [1.165, 1.54) is 0 Å². The molecule has 3 amide bonds. The maximum atomic E-state index is 12.9. The van der Waals surface area contributed by atoms with Gasteiger partial charge in [0.25, 0.3) is 5.91 Å². The van der Waals surface area contributed by atoms with Gasteiger partial charge in [-0.1, -0.05) is 29.8 Å². The summed E-state index contributed by atoms with van der Waals surface area (Å²) in [6.45, 7) is 1.72. The number of esters is 1. The Morgan fingerprint density at radius 2 is 2.00 bits per heavy atom. The molecule has 1 atom stereocenters. The Morgan fingerprint density at radius 1 is 1.23 bits per heavy atom. The van der Waals surface area contributed by atoms with Crippen molar-refractivity contribution in [1.82, 2.24) is 0 Å². The molecule has 8 heteroatoms. The van der Waals surface area contributed by atoms with E-state index in [0.717, 1.165) is 4.90 Å². The van der Waals surface area contributed by atoms with Gasteiger partial charge in [-0.2, -0.15) is 0 Å². The molecular formula is C18H16ClN3O4. The first kappa shape index (κ1) is 17.8. The Balaban J connectivity index is 1.99. The standard InChI is InChI=1S/C18H16ClN3O4/c1-2-26-17(24)15-16(23)21-13-8-3-4-9-14(13)22(15)18(25)20-12-7-5-6-11(19)10-12/h3-10,15H,2H2,1H3,(H,20,25)(H,21,23). The molecule has 134 valence electrons. The lowest BCUT2D eigenvalue weighted by molar-refractivity contribution is -0.147. The summed E-state index contributed by atoms with van der Waals surface area (Å²) in [4.78, 5) is 38.7. The summed E-state index contributed by atoms with van der Waals surface area (Å²) in [5.41, 5.74) is 1.26. The Hall–Kier alpha value is -3.06. The van der Waals surface area contributed by atoms with Gasteiger partial charge in [-0.25, -0.2) is 9.59 Å². The summed E-state index contributed by atoms with van der Waals surface area (Å²) in [5.74, 6) is -1.44. The second kappa shape index (κ2) is 7.45. The molecule has 0 aromatic heterocycles. The van der Waals surface area contributed by atoms with Crippen molar-refractivity contribution < 1.29 is 19.1 Å². The molecule has 0 fully saturated rings. The van der Waals surface area contributed by atoms with Crippen LogP contribution in [0.4, 0.5) is 21.9 Å². The van der Waals surface area contributed by atoms with Crippen LogP contribution in [0.3, 0.4) is 0 Å². The first-order valence-electron chi connectivity index (χ1n) is 7.93. The number of rotatable bonds is 3. The van der Waals surface area contributed by atoms with Crippen molar-refractivity contribution >= 4 is 46.6 Å². The zero-order valence-electron chi connectivity index (χ0n) is 13.9. The van der Waals surface area contributed by atoms with Gasteiger partial charge >= 0.3 is 12.0 Å². The molecule has 2 aromatic rings. The summed E-state index contributed by atoms with van der Waals surface area (Å²) in [5, 5.41) is 5.73. The van der Waals surface area contributed by atoms with E-state index in [0.29, 0.717) is 22.1 Å². The number of para-hydroxylation sites is 2. The van der Waals surface area contributed by atoms with Gasteiger partial charge in [0.1, 0.15) is 0 Å². The zero-order valence-corrected chi connectivity index (χ0v) is 14.6. The van der Waals surface area contributed by atoms with Crippen LogP contribution >= 0.6 is 11.6 Å². The highest BCUT2D eigenvalue weighted by Crippen LogP contribution is 2.33. The SMILES string of the molecule is CCOC(=O)C1C(=O)Nc2ccccc2N1C(=O)Nc1cccc(Cl)c1. The predicted molar refractivity (Wildman–Crippen MR) is 98.4 cm³/mol. The summed E-state index contributed by atoms with van der Waals surface area (Å²) < 4.78 is 4.97. The monoisotopic (exact) mass is 373 g/mol. The van der Waals surface area contributed by atoms with E-state index in [4.69, 9.17) is 16.3 Å². The molecular weight excluding hydrogens is 358 g/mol. The highest BCUT2D eigenvalue weighted by Gasteiger charge is 2.42. The second-order valence-corrected chi connectivity index (χ2v) is 5.91. The largest absolute Gasteiger partial charge is 0.464 e. The first-order chi connectivity index (χ1) is 12.5. The van der Waals surface area contributed by atoms with Gasteiger partial charge in [-0.05, 0) is 37.3 Å². The lowest BCUT2D eigenvalue weighted by Crippen LogP contribution is -2.56. The van der Waals surface area contributed by atoms with Crippen molar-refractivity contribution in [2.24, 2.45) is 0 Å². The number of fused-ring (bicyclic) bond motifs is 1. The number of ether oxygens (including phenoxy) is 1. The number of halogens is 1. The Kier molecular flexibility index (Phi) is 5.09.